The predicted octanol–water partition coefficient (Wildman–Crippen LogP) is 1.99. The molecular weight excluding hydrogens is 300 g/mol. The largest absolute Gasteiger partial charge is 0.493 e. The fraction of sp³-hybridized carbons (Fsp3) is 0.429. The minimum absolute atomic E-state index is 0.0630. The predicted molar refractivity (Wildman–Crippen MR) is 71.3 cm³/mol. The Kier molecular flexibility index (Phi) is 4.79. The molecule has 0 aromatic heterocycles. The number of aliphatic carboxylic acids is 1. The van der Waals surface area contributed by atoms with E-state index >= 15 is 0 Å². The highest BCUT2D eigenvalue weighted by molar-refractivity contribution is 5.97. The van der Waals surface area contributed by atoms with Crippen LogP contribution in [0.15, 0.2) is 18.2 Å². The zero-order valence-corrected chi connectivity index (χ0v) is 11.8. The molecule has 0 unspecified atom stereocenters. The molecule has 0 aliphatic carbocycles. The molecule has 6 nitrogen and oxygen atoms in total. The molecule has 22 heavy (non-hydrogen) atoms. The number of halogens is 2. The fourth-order valence-corrected chi connectivity index (χ4v) is 2.43. The van der Waals surface area contributed by atoms with E-state index in [-0.39, 0.29) is 17.1 Å². The van der Waals surface area contributed by atoms with Crippen molar-refractivity contribution in [2.75, 3.05) is 13.7 Å². The van der Waals surface area contributed by atoms with E-state index in [0.29, 0.717) is 19.4 Å². The third-order valence-electron chi connectivity index (χ3n) is 3.43. The lowest BCUT2D eigenvalue weighted by Gasteiger charge is -2.22. The average molecular weight is 315 g/mol. The Morgan fingerprint density at radius 1 is 1.36 bits per heavy atom. The minimum Gasteiger partial charge on any atom is -0.493 e. The van der Waals surface area contributed by atoms with Crippen LogP contribution in [0.2, 0.25) is 0 Å². The van der Waals surface area contributed by atoms with Gasteiger partial charge in [-0.05, 0) is 31.0 Å². The summed E-state index contributed by atoms with van der Waals surface area (Å²) in [4.78, 5) is 24.7. The lowest BCUT2D eigenvalue weighted by Crippen LogP contribution is -2.40. The number of carbonyl (C=O) groups excluding carboxylic acids is 1. The second-order valence-electron chi connectivity index (χ2n) is 4.74. The van der Waals surface area contributed by atoms with Gasteiger partial charge in [0.1, 0.15) is 6.04 Å². The van der Waals surface area contributed by atoms with E-state index in [1.807, 2.05) is 0 Å². The van der Waals surface area contributed by atoms with Gasteiger partial charge in [-0.15, -0.1) is 0 Å². The second-order valence-corrected chi connectivity index (χ2v) is 4.74. The molecule has 1 heterocycles. The van der Waals surface area contributed by atoms with Crippen molar-refractivity contribution in [3.63, 3.8) is 0 Å². The van der Waals surface area contributed by atoms with E-state index in [1.165, 1.54) is 24.1 Å². The van der Waals surface area contributed by atoms with Crippen molar-refractivity contribution in [2.45, 2.75) is 25.5 Å². The van der Waals surface area contributed by atoms with Crippen LogP contribution >= 0.6 is 0 Å². The van der Waals surface area contributed by atoms with Gasteiger partial charge < -0.3 is 19.5 Å². The Balaban J connectivity index is 2.28. The highest BCUT2D eigenvalue weighted by Gasteiger charge is 2.34. The number of ether oxygens (including phenoxy) is 2. The summed E-state index contributed by atoms with van der Waals surface area (Å²) in [5, 5.41) is 9.10. The van der Waals surface area contributed by atoms with Crippen LogP contribution in [0, 0.1) is 0 Å². The maximum Gasteiger partial charge on any atom is 0.387 e. The molecule has 1 aromatic carbocycles. The van der Waals surface area contributed by atoms with E-state index in [0.717, 1.165) is 6.07 Å². The third kappa shape index (κ3) is 3.26. The zero-order chi connectivity index (χ0) is 16.3. The van der Waals surface area contributed by atoms with Gasteiger partial charge in [-0.3, -0.25) is 4.79 Å². The van der Waals surface area contributed by atoms with Crippen LogP contribution < -0.4 is 9.47 Å². The number of benzene rings is 1. The van der Waals surface area contributed by atoms with Crippen LogP contribution in [-0.4, -0.2) is 48.2 Å². The van der Waals surface area contributed by atoms with Crippen LogP contribution in [0.25, 0.3) is 0 Å². The lowest BCUT2D eigenvalue weighted by molar-refractivity contribution is -0.141. The molecule has 0 radical (unpaired) electrons. The van der Waals surface area contributed by atoms with E-state index in [2.05, 4.69) is 4.74 Å². The SMILES string of the molecule is COc1ccc(C(=O)N2CCC[C@@H]2C(=O)O)cc1OC(F)F. The molecule has 0 bridgehead atoms. The zero-order valence-electron chi connectivity index (χ0n) is 11.8. The van der Waals surface area contributed by atoms with Gasteiger partial charge in [0.25, 0.3) is 5.91 Å². The van der Waals surface area contributed by atoms with Crippen molar-refractivity contribution in [1.82, 2.24) is 4.90 Å². The van der Waals surface area contributed by atoms with Crippen molar-refractivity contribution in [2.24, 2.45) is 0 Å². The summed E-state index contributed by atoms with van der Waals surface area (Å²) < 4.78 is 34.0. The summed E-state index contributed by atoms with van der Waals surface area (Å²) in [6.45, 7) is -2.75. The number of hydrogen-bond acceptors (Lipinski definition) is 4. The standard InChI is InChI=1S/C14H15F2NO5/c1-21-10-5-4-8(7-11(10)22-14(15)16)12(18)17-6-2-3-9(17)13(19)20/h4-5,7,9,14H,2-3,6H2,1H3,(H,19,20)/t9-/m1/s1. The third-order valence-corrected chi connectivity index (χ3v) is 3.43. The van der Waals surface area contributed by atoms with Crippen LogP contribution in [0.1, 0.15) is 23.2 Å². The quantitative estimate of drug-likeness (QED) is 0.899. The molecule has 0 saturated carbocycles. The summed E-state index contributed by atoms with van der Waals surface area (Å²) in [5.41, 5.74) is 0.0737. The number of alkyl halides is 2. The Labute approximate surface area is 125 Å². The van der Waals surface area contributed by atoms with Crippen molar-refractivity contribution in [3.05, 3.63) is 23.8 Å². The van der Waals surface area contributed by atoms with Crippen LogP contribution in [-0.2, 0) is 4.79 Å². The van der Waals surface area contributed by atoms with E-state index in [1.54, 1.807) is 0 Å². The molecule has 1 aliphatic heterocycles. The van der Waals surface area contributed by atoms with E-state index in [4.69, 9.17) is 9.84 Å². The summed E-state index contributed by atoms with van der Waals surface area (Å²) >= 11 is 0. The van der Waals surface area contributed by atoms with Crippen LogP contribution in [0.5, 0.6) is 11.5 Å². The Morgan fingerprint density at radius 3 is 2.68 bits per heavy atom. The van der Waals surface area contributed by atoms with E-state index < -0.39 is 24.5 Å². The molecule has 1 N–H and O–H groups in total. The number of methoxy groups -OCH3 is 1. The molecule has 120 valence electrons. The molecule has 2 rings (SSSR count). The summed E-state index contributed by atoms with van der Waals surface area (Å²) in [6, 6.07) is 2.95. The first-order chi connectivity index (χ1) is 10.4. The van der Waals surface area contributed by atoms with Gasteiger partial charge in [-0.25, -0.2) is 4.79 Å². The summed E-state index contributed by atoms with van der Waals surface area (Å²) in [5.74, 6) is -1.82. The Morgan fingerprint density at radius 2 is 2.09 bits per heavy atom. The molecule has 8 heteroatoms. The van der Waals surface area contributed by atoms with Crippen molar-refractivity contribution >= 4 is 11.9 Å². The first kappa shape index (κ1) is 16.0. The average Bonchev–Trinajstić information content (AvgIpc) is 2.95. The maximum atomic E-state index is 12.4. The first-order valence-electron chi connectivity index (χ1n) is 6.60. The number of hydrogen-bond donors (Lipinski definition) is 1. The lowest BCUT2D eigenvalue weighted by atomic mass is 10.1. The van der Waals surface area contributed by atoms with Crippen LogP contribution in [0.4, 0.5) is 8.78 Å². The van der Waals surface area contributed by atoms with Crippen molar-refractivity contribution in [3.8, 4) is 11.5 Å². The second kappa shape index (κ2) is 6.59. The molecule has 1 aliphatic rings. The normalized spacial score (nSPS) is 17.6. The molecule has 1 amide bonds. The molecule has 1 fully saturated rings. The van der Waals surface area contributed by atoms with Crippen LogP contribution in [0.3, 0.4) is 0 Å². The van der Waals surface area contributed by atoms with Gasteiger partial charge in [0.2, 0.25) is 0 Å². The number of likely N-dealkylation sites (tertiary alicyclic amines) is 1. The smallest absolute Gasteiger partial charge is 0.387 e. The molecular formula is C14H15F2NO5. The number of rotatable bonds is 5. The number of nitrogens with zero attached hydrogens (tertiary/aromatic N) is 1. The molecule has 0 spiro atoms. The number of amides is 1. The van der Waals surface area contributed by atoms with Gasteiger partial charge in [-0.1, -0.05) is 0 Å². The number of carbonyl (C=O) groups is 2. The topological polar surface area (TPSA) is 76.1 Å². The number of carboxylic acid groups (broad SMARTS) is 1. The minimum atomic E-state index is -3.06. The highest BCUT2D eigenvalue weighted by Crippen LogP contribution is 2.31. The number of carboxylic acids is 1. The van der Waals surface area contributed by atoms with Gasteiger partial charge in [0.05, 0.1) is 7.11 Å². The van der Waals surface area contributed by atoms with Gasteiger partial charge in [0.15, 0.2) is 11.5 Å². The Bertz CT molecular complexity index is 578. The summed E-state index contributed by atoms with van der Waals surface area (Å²) in [7, 11) is 1.29. The summed E-state index contributed by atoms with van der Waals surface area (Å²) in [6.07, 6.45) is 0.955. The van der Waals surface area contributed by atoms with Gasteiger partial charge >= 0.3 is 12.6 Å². The fourth-order valence-electron chi connectivity index (χ4n) is 2.43. The molecule has 1 atom stereocenters. The van der Waals surface area contributed by atoms with E-state index in [9.17, 15) is 18.4 Å². The van der Waals surface area contributed by atoms with Crippen molar-refractivity contribution < 1.29 is 33.0 Å². The monoisotopic (exact) mass is 315 g/mol. The molecule has 1 saturated heterocycles. The highest BCUT2D eigenvalue weighted by atomic mass is 19.3. The first-order valence-corrected chi connectivity index (χ1v) is 6.60. The maximum absolute atomic E-state index is 12.4. The molecule has 1 aromatic rings. The van der Waals surface area contributed by atoms with Gasteiger partial charge in [-0.2, -0.15) is 8.78 Å². The Hall–Kier alpha value is -2.38. The van der Waals surface area contributed by atoms with Crippen molar-refractivity contribution in [1.29, 1.82) is 0 Å². The van der Waals surface area contributed by atoms with Gasteiger partial charge in [0, 0.05) is 12.1 Å².